The summed E-state index contributed by atoms with van der Waals surface area (Å²) in [5.41, 5.74) is 1.18. The van der Waals surface area contributed by atoms with E-state index in [1.54, 1.807) is 0 Å². The smallest absolute Gasteiger partial charge is 0.221 e. The van der Waals surface area contributed by atoms with E-state index >= 15 is 0 Å². The zero-order valence-electron chi connectivity index (χ0n) is 10.4. The minimum Gasteiger partial charge on any atom is -0.438 e. The topological polar surface area (TPSA) is 34.1 Å². The summed E-state index contributed by atoms with van der Waals surface area (Å²) >= 11 is 3.49. The van der Waals surface area contributed by atoms with Crippen LogP contribution in [0.1, 0.15) is 12.5 Å². The summed E-state index contributed by atoms with van der Waals surface area (Å²) in [6.07, 6.45) is 0. The molecule has 3 nitrogen and oxygen atoms in total. The van der Waals surface area contributed by atoms with Gasteiger partial charge in [0.1, 0.15) is 11.6 Å². The van der Waals surface area contributed by atoms with Gasteiger partial charge in [-0.25, -0.2) is 0 Å². The van der Waals surface area contributed by atoms with Gasteiger partial charge in [0.05, 0.1) is 4.47 Å². The maximum Gasteiger partial charge on any atom is 0.221 e. The van der Waals surface area contributed by atoms with Crippen molar-refractivity contribution in [2.75, 3.05) is 11.9 Å². The third kappa shape index (κ3) is 3.23. The zero-order chi connectivity index (χ0) is 13.0. The molecule has 94 valence electrons. The van der Waals surface area contributed by atoms with Crippen molar-refractivity contribution in [3.05, 3.63) is 46.4 Å². The molecule has 1 heterocycles. The van der Waals surface area contributed by atoms with Crippen LogP contribution in [0.4, 0.5) is 5.82 Å². The molecule has 0 radical (unpaired) electrons. The minimum absolute atomic E-state index is 0.581. The summed E-state index contributed by atoms with van der Waals surface area (Å²) in [5.74, 6) is 2.16. The Morgan fingerprint density at radius 3 is 2.83 bits per heavy atom. The predicted octanol–water partition coefficient (Wildman–Crippen LogP) is 4.38. The molecule has 0 unspecified atom stereocenters. The van der Waals surface area contributed by atoms with E-state index in [9.17, 15) is 0 Å². The van der Waals surface area contributed by atoms with Crippen LogP contribution in [0.25, 0.3) is 0 Å². The molecule has 4 heteroatoms. The highest BCUT2D eigenvalue weighted by Crippen LogP contribution is 2.29. The van der Waals surface area contributed by atoms with Crippen LogP contribution in [0.3, 0.4) is 0 Å². The largest absolute Gasteiger partial charge is 0.438 e. The molecule has 0 aliphatic carbocycles. The number of halogens is 1. The summed E-state index contributed by atoms with van der Waals surface area (Å²) in [7, 11) is 0. The lowest BCUT2D eigenvalue weighted by Gasteiger charge is -2.09. The monoisotopic (exact) mass is 306 g/mol. The Kier molecular flexibility index (Phi) is 4.20. The Bertz CT molecular complexity index is 543. The fourth-order valence-corrected chi connectivity index (χ4v) is 2.13. The molecule has 2 rings (SSSR count). The minimum atomic E-state index is 0.581. The van der Waals surface area contributed by atoms with E-state index in [0.717, 1.165) is 22.6 Å². The summed E-state index contributed by atoms with van der Waals surface area (Å²) in [6.45, 7) is 4.91. The molecule has 0 aliphatic rings. The van der Waals surface area contributed by atoms with Crippen LogP contribution in [-0.2, 0) is 0 Å². The van der Waals surface area contributed by atoms with Crippen LogP contribution in [0, 0.1) is 6.92 Å². The summed E-state index contributed by atoms with van der Waals surface area (Å²) in [6, 6.07) is 11.6. The fourth-order valence-electron chi connectivity index (χ4n) is 1.55. The molecule has 0 fully saturated rings. The molecule has 1 N–H and O–H groups in total. The third-order valence-electron chi connectivity index (χ3n) is 2.38. The van der Waals surface area contributed by atoms with Crippen LogP contribution in [0.5, 0.6) is 11.6 Å². The normalized spacial score (nSPS) is 10.2. The van der Waals surface area contributed by atoms with Crippen molar-refractivity contribution < 1.29 is 4.74 Å². The number of aromatic nitrogens is 1. The van der Waals surface area contributed by atoms with Crippen molar-refractivity contribution in [2.24, 2.45) is 0 Å². The number of aryl methyl sites for hydroxylation is 1. The van der Waals surface area contributed by atoms with E-state index in [0.29, 0.717) is 5.88 Å². The highest BCUT2D eigenvalue weighted by molar-refractivity contribution is 9.10. The van der Waals surface area contributed by atoms with Crippen LogP contribution in [0.15, 0.2) is 40.9 Å². The molecule has 1 aromatic heterocycles. The maximum absolute atomic E-state index is 5.75. The summed E-state index contributed by atoms with van der Waals surface area (Å²) < 4.78 is 6.68. The van der Waals surface area contributed by atoms with E-state index in [4.69, 9.17) is 4.74 Å². The first-order chi connectivity index (χ1) is 8.69. The van der Waals surface area contributed by atoms with Crippen molar-refractivity contribution >= 4 is 21.7 Å². The van der Waals surface area contributed by atoms with Crippen LogP contribution >= 0.6 is 15.9 Å². The average molecular weight is 307 g/mol. The number of nitrogens with one attached hydrogen (secondary N) is 1. The van der Waals surface area contributed by atoms with E-state index in [1.807, 2.05) is 50.2 Å². The second-order valence-electron chi connectivity index (χ2n) is 3.93. The number of anilines is 1. The maximum atomic E-state index is 5.75. The van der Waals surface area contributed by atoms with Crippen LogP contribution < -0.4 is 10.1 Å². The quantitative estimate of drug-likeness (QED) is 0.910. The first-order valence-electron chi connectivity index (χ1n) is 5.84. The lowest BCUT2D eigenvalue weighted by Crippen LogP contribution is -1.99. The molecular formula is C14H15BrN2O. The van der Waals surface area contributed by atoms with Crippen molar-refractivity contribution in [2.45, 2.75) is 13.8 Å². The Morgan fingerprint density at radius 1 is 1.28 bits per heavy atom. The van der Waals surface area contributed by atoms with Gasteiger partial charge in [-0.15, -0.1) is 0 Å². The molecule has 0 atom stereocenters. The molecule has 0 saturated heterocycles. The highest BCUT2D eigenvalue weighted by Gasteiger charge is 2.04. The third-order valence-corrected chi connectivity index (χ3v) is 3.00. The molecule has 18 heavy (non-hydrogen) atoms. The number of hydrogen-bond donors (Lipinski definition) is 1. The fraction of sp³-hybridized carbons (Fsp3) is 0.214. The number of pyridine rings is 1. The second kappa shape index (κ2) is 5.87. The summed E-state index contributed by atoms with van der Waals surface area (Å²) in [4.78, 5) is 4.37. The number of benzene rings is 1. The lowest BCUT2D eigenvalue weighted by molar-refractivity contribution is 0.460. The Labute approximate surface area is 115 Å². The van der Waals surface area contributed by atoms with Gasteiger partial charge >= 0.3 is 0 Å². The second-order valence-corrected chi connectivity index (χ2v) is 4.78. The summed E-state index contributed by atoms with van der Waals surface area (Å²) in [5, 5.41) is 3.15. The van der Waals surface area contributed by atoms with Crippen molar-refractivity contribution in [3.8, 4) is 11.6 Å². The van der Waals surface area contributed by atoms with E-state index in [-0.39, 0.29) is 0 Å². The van der Waals surface area contributed by atoms with Gasteiger partial charge < -0.3 is 10.1 Å². The van der Waals surface area contributed by atoms with Gasteiger partial charge in [0, 0.05) is 12.6 Å². The van der Waals surface area contributed by atoms with Gasteiger partial charge in [-0.2, -0.15) is 4.98 Å². The predicted molar refractivity (Wildman–Crippen MR) is 77.4 cm³/mol. The molecule has 0 spiro atoms. The van der Waals surface area contributed by atoms with Gasteiger partial charge in [0.25, 0.3) is 0 Å². The molecule has 2 aromatic rings. The molecule has 1 aromatic carbocycles. The Hall–Kier alpha value is -1.55. The standard InChI is InChI=1S/C14H15BrN2O/c1-3-16-13-5-4-6-14(17-13)18-12-8-7-10(2)9-11(12)15/h4-9H,3H2,1-2H3,(H,16,17). The molecule has 0 saturated carbocycles. The molecular weight excluding hydrogens is 292 g/mol. The van der Waals surface area contributed by atoms with E-state index < -0.39 is 0 Å². The van der Waals surface area contributed by atoms with Gasteiger partial charge in [-0.1, -0.05) is 12.1 Å². The average Bonchev–Trinajstić information content (AvgIpc) is 2.34. The Balaban J connectivity index is 2.20. The molecule has 0 bridgehead atoms. The van der Waals surface area contributed by atoms with Crippen molar-refractivity contribution in [3.63, 3.8) is 0 Å². The number of nitrogens with zero attached hydrogens (tertiary/aromatic N) is 1. The number of rotatable bonds is 4. The first-order valence-corrected chi connectivity index (χ1v) is 6.63. The van der Waals surface area contributed by atoms with Gasteiger partial charge in [-0.3, -0.25) is 0 Å². The first kappa shape index (κ1) is 12.9. The van der Waals surface area contributed by atoms with Gasteiger partial charge in [0.2, 0.25) is 5.88 Å². The van der Waals surface area contributed by atoms with E-state index in [1.165, 1.54) is 5.56 Å². The van der Waals surface area contributed by atoms with Crippen LogP contribution in [-0.4, -0.2) is 11.5 Å². The lowest BCUT2D eigenvalue weighted by atomic mass is 10.2. The van der Waals surface area contributed by atoms with Crippen LogP contribution in [0.2, 0.25) is 0 Å². The molecule has 0 amide bonds. The van der Waals surface area contributed by atoms with Crippen molar-refractivity contribution in [1.29, 1.82) is 0 Å². The van der Waals surface area contributed by atoms with Crippen molar-refractivity contribution in [1.82, 2.24) is 4.98 Å². The van der Waals surface area contributed by atoms with Gasteiger partial charge in [0.15, 0.2) is 0 Å². The zero-order valence-corrected chi connectivity index (χ0v) is 12.0. The number of ether oxygens (including phenoxy) is 1. The number of hydrogen-bond acceptors (Lipinski definition) is 3. The van der Waals surface area contributed by atoms with E-state index in [2.05, 4.69) is 26.2 Å². The molecule has 0 aliphatic heterocycles. The Morgan fingerprint density at radius 2 is 2.11 bits per heavy atom. The highest BCUT2D eigenvalue weighted by atomic mass is 79.9. The SMILES string of the molecule is CCNc1cccc(Oc2ccc(C)cc2Br)n1. The van der Waals surface area contributed by atoms with Gasteiger partial charge in [-0.05, 0) is 53.5 Å².